The van der Waals surface area contributed by atoms with Crippen LogP contribution in [0.3, 0.4) is 0 Å². The molecule has 28 heavy (non-hydrogen) atoms. The molecular formula is C17H15F6NO3S. The van der Waals surface area contributed by atoms with Crippen LogP contribution in [-0.2, 0) is 11.3 Å². The zero-order chi connectivity index (χ0) is 21.7. The lowest BCUT2D eigenvalue weighted by molar-refractivity contribution is -0.192. The van der Waals surface area contributed by atoms with Crippen molar-refractivity contribution in [1.29, 1.82) is 0 Å². The molecule has 1 aromatic carbocycles. The van der Waals surface area contributed by atoms with Gasteiger partial charge in [-0.2, -0.15) is 26.3 Å². The van der Waals surface area contributed by atoms with E-state index in [1.54, 1.807) is 6.07 Å². The van der Waals surface area contributed by atoms with Crippen LogP contribution in [0.2, 0.25) is 0 Å². The highest BCUT2D eigenvalue weighted by molar-refractivity contribution is 7.17. The smallest absolute Gasteiger partial charge is 0.475 e. The molecule has 0 aliphatic carbocycles. The van der Waals surface area contributed by atoms with E-state index in [1.165, 1.54) is 6.07 Å². The van der Waals surface area contributed by atoms with E-state index in [-0.39, 0.29) is 4.88 Å². The molecule has 0 aliphatic heterocycles. The first-order valence-electron chi connectivity index (χ1n) is 7.47. The Kier molecular flexibility index (Phi) is 7.76. The van der Waals surface area contributed by atoms with E-state index in [4.69, 9.17) is 9.90 Å². The summed E-state index contributed by atoms with van der Waals surface area (Å²) in [4.78, 5) is 22.5. The number of carboxylic acid groups (broad SMARTS) is 1. The van der Waals surface area contributed by atoms with Gasteiger partial charge in [0.15, 0.2) is 0 Å². The predicted octanol–water partition coefficient (Wildman–Crippen LogP) is 4.86. The third-order valence-corrected chi connectivity index (χ3v) is 4.20. The molecule has 1 aromatic heterocycles. The number of benzene rings is 1. The van der Waals surface area contributed by atoms with Gasteiger partial charge in [0, 0.05) is 11.4 Å². The summed E-state index contributed by atoms with van der Waals surface area (Å²) in [5.41, 5.74) is 1.93. The number of carbonyl (C=O) groups is 2. The molecule has 0 amide bonds. The number of aliphatic carboxylic acids is 1. The summed E-state index contributed by atoms with van der Waals surface area (Å²) in [6, 6.07) is 10.3. The molecule has 11 heteroatoms. The minimum absolute atomic E-state index is 0.283. The van der Waals surface area contributed by atoms with Crippen molar-refractivity contribution in [3.8, 4) is 10.4 Å². The largest absolute Gasteiger partial charge is 0.490 e. The molecule has 0 atom stereocenters. The molecule has 2 rings (SSSR count). The first-order valence-corrected chi connectivity index (χ1v) is 8.29. The molecule has 0 unspecified atom stereocenters. The van der Waals surface area contributed by atoms with Crippen molar-refractivity contribution in [2.24, 2.45) is 0 Å². The number of carbonyl (C=O) groups excluding carboxylic acids is 1. The monoisotopic (exact) mass is 427 g/mol. The van der Waals surface area contributed by atoms with Crippen LogP contribution in [0.1, 0.15) is 15.2 Å². The van der Waals surface area contributed by atoms with Gasteiger partial charge in [-0.1, -0.05) is 24.3 Å². The highest BCUT2D eigenvalue weighted by Gasteiger charge is 2.40. The third kappa shape index (κ3) is 7.31. The number of ketones is 1. The minimum atomic E-state index is -5.08. The van der Waals surface area contributed by atoms with E-state index in [0.29, 0.717) is 4.88 Å². The van der Waals surface area contributed by atoms with Gasteiger partial charge in [-0.15, -0.1) is 11.3 Å². The van der Waals surface area contributed by atoms with Crippen molar-refractivity contribution in [2.75, 3.05) is 14.1 Å². The molecule has 4 nitrogen and oxygen atoms in total. The van der Waals surface area contributed by atoms with E-state index < -0.39 is 24.1 Å². The number of hydrogen-bond acceptors (Lipinski definition) is 4. The quantitative estimate of drug-likeness (QED) is 0.560. The van der Waals surface area contributed by atoms with Gasteiger partial charge < -0.3 is 10.0 Å². The SMILES string of the molecule is CN(C)Cc1ccc(-c2ccc(C(=O)C(F)(F)F)s2)cc1.O=C(O)C(F)(F)F. The van der Waals surface area contributed by atoms with Crippen molar-refractivity contribution >= 4 is 23.1 Å². The van der Waals surface area contributed by atoms with Gasteiger partial charge in [-0.05, 0) is 37.4 Å². The summed E-state index contributed by atoms with van der Waals surface area (Å²) in [5, 5.41) is 7.12. The van der Waals surface area contributed by atoms with Crippen molar-refractivity contribution in [1.82, 2.24) is 4.90 Å². The van der Waals surface area contributed by atoms with Crippen LogP contribution < -0.4 is 0 Å². The van der Waals surface area contributed by atoms with Crippen LogP contribution in [0.15, 0.2) is 36.4 Å². The number of nitrogens with zero attached hydrogens (tertiary/aromatic N) is 1. The van der Waals surface area contributed by atoms with Gasteiger partial charge in [0.05, 0.1) is 4.88 Å². The normalized spacial score (nSPS) is 11.8. The number of alkyl halides is 6. The predicted molar refractivity (Wildman–Crippen MR) is 91.2 cm³/mol. The van der Waals surface area contributed by atoms with Gasteiger partial charge >= 0.3 is 18.3 Å². The Bertz CT molecular complexity index is 810. The molecule has 0 spiro atoms. The first-order chi connectivity index (χ1) is 12.7. The fraction of sp³-hybridized carbons (Fsp3) is 0.294. The van der Waals surface area contributed by atoms with Crippen LogP contribution in [0.5, 0.6) is 0 Å². The van der Waals surface area contributed by atoms with Crippen molar-refractivity contribution in [3.05, 3.63) is 46.8 Å². The number of halogens is 6. The third-order valence-electron chi connectivity index (χ3n) is 3.07. The molecular weight excluding hydrogens is 412 g/mol. The van der Waals surface area contributed by atoms with Crippen molar-refractivity contribution < 1.29 is 41.0 Å². The van der Waals surface area contributed by atoms with E-state index in [1.807, 2.05) is 43.3 Å². The Morgan fingerprint density at radius 3 is 1.82 bits per heavy atom. The zero-order valence-electron chi connectivity index (χ0n) is 14.6. The van der Waals surface area contributed by atoms with E-state index >= 15 is 0 Å². The van der Waals surface area contributed by atoms with Crippen LogP contribution in [0, 0.1) is 0 Å². The number of rotatable bonds is 4. The second-order valence-corrected chi connectivity index (χ2v) is 6.81. The van der Waals surface area contributed by atoms with E-state index in [2.05, 4.69) is 0 Å². The average Bonchev–Trinajstić information content (AvgIpc) is 3.02. The fourth-order valence-electron chi connectivity index (χ4n) is 1.89. The summed E-state index contributed by atoms with van der Waals surface area (Å²) < 4.78 is 68.9. The Morgan fingerprint density at radius 2 is 1.43 bits per heavy atom. The Morgan fingerprint density at radius 1 is 0.929 bits per heavy atom. The topological polar surface area (TPSA) is 57.6 Å². The average molecular weight is 427 g/mol. The van der Waals surface area contributed by atoms with Gasteiger partial charge in [0.25, 0.3) is 5.78 Å². The molecule has 0 saturated heterocycles. The van der Waals surface area contributed by atoms with Crippen molar-refractivity contribution in [2.45, 2.75) is 18.9 Å². The highest BCUT2D eigenvalue weighted by atomic mass is 32.1. The van der Waals surface area contributed by atoms with E-state index in [9.17, 15) is 31.1 Å². The number of carboxylic acids is 1. The van der Waals surface area contributed by atoms with Crippen LogP contribution in [-0.4, -0.2) is 48.2 Å². The second-order valence-electron chi connectivity index (χ2n) is 5.73. The molecule has 2 aromatic rings. The second kappa shape index (κ2) is 9.20. The number of thiophene rings is 1. The number of Topliss-reactive ketones (excluding diaryl/α,β-unsaturated/α-hetero) is 1. The molecule has 154 valence electrons. The lowest BCUT2D eigenvalue weighted by Gasteiger charge is -2.09. The van der Waals surface area contributed by atoms with E-state index in [0.717, 1.165) is 29.0 Å². The highest BCUT2D eigenvalue weighted by Crippen LogP contribution is 2.32. The maximum Gasteiger partial charge on any atom is 0.490 e. The van der Waals surface area contributed by atoms with Crippen LogP contribution >= 0.6 is 11.3 Å². The zero-order valence-corrected chi connectivity index (χ0v) is 15.4. The van der Waals surface area contributed by atoms with Crippen LogP contribution in [0.4, 0.5) is 26.3 Å². The number of hydrogen-bond donors (Lipinski definition) is 1. The van der Waals surface area contributed by atoms with Crippen molar-refractivity contribution in [3.63, 3.8) is 0 Å². The Balaban J connectivity index is 0.000000480. The summed E-state index contributed by atoms with van der Waals surface area (Å²) >= 11 is 0.861. The first kappa shape index (κ1) is 23.6. The molecule has 0 fully saturated rings. The maximum atomic E-state index is 12.4. The molecule has 0 bridgehead atoms. The Hall–Kier alpha value is -2.40. The lowest BCUT2D eigenvalue weighted by Crippen LogP contribution is -2.21. The Labute approximate surface area is 160 Å². The molecule has 1 N–H and O–H groups in total. The summed E-state index contributed by atoms with van der Waals surface area (Å²) in [5.74, 6) is -4.55. The lowest BCUT2D eigenvalue weighted by atomic mass is 10.1. The minimum Gasteiger partial charge on any atom is -0.475 e. The molecule has 0 radical (unpaired) electrons. The van der Waals surface area contributed by atoms with Gasteiger partial charge in [0.2, 0.25) is 0 Å². The summed E-state index contributed by atoms with van der Waals surface area (Å²) in [6.07, 6.45) is -9.91. The fourth-order valence-corrected chi connectivity index (χ4v) is 2.87. The molecule has 0 aliphatic rings. The summed E-state index contributed by atoms with van der Waals surface area (Å²) in [7, 11) is 3.92. The standard InChI is InChI=1S/C15H14F3NOS.C2HF3O2/c1-19(2)9-10-3-5-11(6-4-10)12-7-8-13(21-12)14(20)15(16,17)18;3-2(4,5)1(6)7/h3-8H,9H2,1-2H3;(H,6,7). The van der Waals surface area contributed by atoms with Gasteiger partial charge in [-0.3, -0.25) is 4.79 Å². The summed E-state index contributed by atoms with van der Waals surface area (Å²) in [6.45, 7) is 0.794. The van der Waals surface area contributed by atoms with Crippen LogP contribution in [0.25, 0.3) is 10.4 Å². The van der Waals surface area contributed by atoms with Gasteiger partial charge in [-0.25, -0.2) is 4.79 Å². The van der Waals surface area contributed by atoms with Gasteiger partial charge in [0.1, 0.15) is 0 Å². The molecule has 1 heterocycles. The maximum absolute atomic E-state index is 12.4. The molecule has 0 saturated carbocycles.